The van der Waals surface area contributed by atoms with Gasteiger partial charge in [0.25, 0.3) is 0 Å². The van der Waals surface area contributed by atoms with Crippen LogP contribution in [-0.2, 0) is 17.7 Å². The van der Waals surface area contributed by atoms with Crippen molar-refractivity contribution in [3.8, 4) is 16.3 Å². The third kappa shape index (κ3) is 6.08. The predicted molar refractivity (Wildman–Crippen MR) is 158 cm³/mol. The zero-order chi connectivity index (χ0) is 27.7. The Bertz CT molecular complexity index is 1480. The van der Waals surface area contributed by atoms with Crippen LogP contribution < -0.4 is 10.1 Å². The SMILES string of the molecule is CC(C)(C)OC(=O)N1CCc2sc(-c3nc(Nc4ccc(OCCN5CCCC5)cc4)nc4[nH]ccc34)cc2C1. The molecule has 0 saturated carbocycles. The molecule has 0 atom stereocenters. The molecule has 9 nitrogen and oxygen atoms in total. The molecule has 2 N–H and O–H groups in total. The summed E-state index contributed by atoms with van der Waals surface area (Å²) < 4.78 is 11.5. The van der Waals surface area contributed by atoms with E-state index in [2.05, 4.69) is 21.3 Å². The molecule has 0 radical (unpaired) electrons. The average molecular weight is 561 g/mol. The van der Waals surface area contributed by atoms with Gasteiger partial charge in [-0.1, -0.05) is 0 Å². The van der Waals surface area contributed by atoms with Gasteiger partial charge in [0.2, 0.25) is 5.95 Å². The molecule has 1 amide bonds. The number of carbonyl (C=O) groups excluding carboxylic acids is 1. The third-order valence-electron chi connectivity index (χ3n) is 7.15. The average Bonchev–Trinajstić information content (AvgIpc) is 3.68. The zero-order valence-electron chi connectivity index (χ0n) is 23.3. The van der Waals surface area contributed by atoms with E-state index >= 15 is 0 Å². The number of benzene rings is 1. The van der Waals surface area contributed by atoms with Gasteiger partial charge in [0.05, 0.1) is 17.1 Å². The molecule has 10 heteroatoms. The highest BCUT2D eigenvalue weighted by atomic mass is 32.1. The monoisotopic (exact) mass is 560 g/mol. The molecule has 3 aromatic heterocycles. The minimum atomic E-state index is -0.512. The van der Waals surface area contributed by atoms with Gasteiger partial charge in [-0.25, -0.2) is 9.78 Å². The molecule has 5 heterocycles. The number of nitrogens with zero attached hydrogens (tertiary/aromatic N) is 4. The molecule has 6 rings (SSSR count). The van der Waals surface area contributed by atoms with Crippen LogP contribution in [0.5, 0.6) is 5.75 Å². The third-order valence-corrected chi connectivity index (χ3v) is 8.40. The Hall–Kier alpha value is -3.63. The van der Waals surface area contributed by atoms with E-state index in [0.717, 1.165) is 51.6 Å². The molecule has 2 aliphatic heterocycles. The molecule has 0 spiro atoms. The standard InChI is InChI=1S/C30H36N6O3S/c1-30(2,3)39-29(37)36-15-11-24-20(19-36)18-25(40-24)26-23-10-12-31-27(23)34-28(33-26)32-21-6-8-22(9-7-21)38-17-16-35-13-4-5-14-35/h6-10,12,18H,4-5,11,13-17,19H2,1-3H3,(H2,31,32,33,34). The molecule has 1 saturated heterocycles. The van der Waals surface area contributed by atoms with Crippen LogP contribution in [0.1, 0.15) is 44.1 Å². The summed E-state index contributed by atoms with van der Waals surface area (Å²) in [5.74, 6) is 1.38. The highest BCUT2D eigenvalue weighted by molar-refractivity contribution is 7.15. The number of aromatic nitrogens is 3. The number of thiophene rings is 1. The van der Waals surface area contributed by atoms with Gasteiger partial charge >= 0.3 is 6.09 Å². The summed E-state index contributed by atoms with van der Waals surface area (Å²) in [5, 5.41) is 4.33. The molecule has 0 bridgehead atoms. The van der Waals surface area contributed by atoms with Crippen LogP contribution in [0.15, 0.2) is 42.6 Å². The van der Waals surface area contributed by atoms with E-state index in [9.17, 15) is 4.79 Å². The predicted octanol–water partition coefficient (Wildman–Crippen LogP) is 6.20. The van der Waals surface area contributed by atoms with Crippen LogP contribution in [0.25, 0.3) is 21.6 Å². The smallest absolute Gasteiger partial charge is 0.410 e. The number of carbonyl (C=O) groups is 1. The first kappa shape index (κ1) is 26.6. The molecule has 0 unspecified atom stereocenters. The second-order valence-electron chi connectivity index (χ2n) is 11.4. The second-order valence-corrected chi connectivity index (χ2v) is 12.5. The van der Waals surface area contributed by atoms with E-state index < -0.39 is 5.60 Å². The van der Waals surface area contributed by atoms with Crippen molar-refractivity contribution in [3.63, 3.8) is 0 Å². The Morgan fingerprint density at radius 2 is 1.90 bits per heavy atom. The van der Waals surface area contributed by atoms with E-state index in [1.54, 1.807) is 16.2 Å². The molecule has 40 heavy (non-hydrogen) atoms. The maximum Gasteiger partial charge on any atom is 0.410 e. The van der Waals surface area contributed by atoms with Crippen LogP contribution in [0.3, 0.4) is 0 Å². The molecule has 4 aromatic rings. The fourth-order valence-corrected chi connectivity index (χ4v) is 6.35. The van der Waals surface area contributed by atoms with Gasteiger partial charge in [0, 0.05) is 35.2 Å². The van der Waals surface area contributed by atoms with E-state index in [0.29, 0.717) is 25.6 Å². The van der Waals surface area contributed by atoms with E-state index in [1.165, 1.54) is 30.8 Å². The van der Waals surface area contributed by atoms with Gasteiger partial charge in [-0.15, -0.1) is 11.3 Å². The van der Waals surface area contributed by atoms with E-state index in [4.69, 9.17) is 19.4 Å². The number of fused-ring (bicyclic) bond motifs is 2. The lowest BCUT2D eigenvalue weighted by atomic mass is 10.1. The van der Waals surface area contributed by atoms with Crippen molar-refractivity contribution in [2.75, 3.05) is 38.1 Å². The number of aromatic amines is 1. The fourth-order valence-electron chi connectivity index (χ4n) is 5.18. The van der Waals surface area contributed by atoms with Crippen LogP contribution in [0.2, 0.25) is 0 Å². The van der Waals surface area contributed by atoms with Crippen molar-refractivity contribution in [1.29, 1.82) is 0 Å². The highest BCUT2D eigenvalue weighted by Crippen LogP contribution is 2.37. The summed E-state index contributed by atoms with van der Waals surface area (Å²) >= 11 is 1.74. The Balaban J connectivity index is 1.16. The number of nitrogens with one attached hydrogen (secondary N) is 2. The summed E-state index contributed by atoms with van der Waals surface area (Å²) in [6.07, 6.45) is 5.01. The van der Waals surface area contributed by atoms with Crippen molar-refractivity contribution in [2.45, 2.75) is 52.2 Å². The zero-order valence-corrected chi connectivity index (χ0v) is 24.1. The van der Waals surface area contributed by atoms with E-state index in [1.807, 2.05) is 57.3 Å². The Kier molecular flexibility index (Phi) is 7.37. The topological polar surface area (TPSA) is 95.6 Å². The minimum absolute atomic E-state index is 0.268. The van der Waals surface area contributed by atoms with Gasteiger partial charge in [-0.2, -0.15) is 4.98 Å². The van der Waals surface area contributed by atoms with Crippen molar-refractivity contribution < 1.29 is 14.3 Å². The van der Waals surface area contributed by atoms with Crippen molar-refractivity contribution in [3.05, 3.63) is 53.0 Å². The molecular formula is C30H36N6O3S. The number of anilines is 2. The molecule has 1 fully saturated rings. The first-order chi connectivity index (χ1) is 19.3. The molecule has 2 aliphatic rings. The van der Waals surface area contributed by atoms with Crippen LogP contribution >= 0.6 is 11.3 Å². The van der Waals surface area contributed by atoms with Crippen LogP contribution in [0.4, 0.5) is 16.4 Å². The lowest BCUT2D eigenvalue weighted by Crippen LogP contribution is -2.39. The highest BCUT2D eigenvalue weighted by Gasteiger charge is 2.28. The maximum atomic E-state index is 12.7. The van der Waals surface area contributed by atoms with Gasteiger partial charge < -0.3 is 24.7 Å². The first-order valence-corrected chi connectivity index (χ1v) is 14.8. The lowest BCUT2D eigenvalue weighted by molar-refractivity contribution is 0.0225. The van der Waals surface area contributed by atoms with Gasteiger partial charge in [-0.3, -0.25) is 4.90 Å². The summed E-state index contributed by atoms with van der Waals surface area (Å²) in [6.45, 7) is 10.9. The number of hydrogen-bond donors (Lipinski definition) is 2. The van der Waals surface area contributed by atoms with Crippen LogP contribution in [-0.4, -0.2) is 69.2 Å². The quantitative estimate of drug-likeness (QED) is 0.278. The maximum absolute atomic E-state index is 12.7. The summed E-state index contributed by atoms with van der Waals surface area (Å²) in [5.41, 5.74) is 3.17. The molecule has 0 aliphatic carbocycles. The largest absolute Gasteiger partial charge is 0.492 e. The van der Waals surface area contributed by atoms with Gasteiger partial charge in [0.15, 0.2) is 0 Å². The number of likely N-dealkylation sites (tertiary alicyclic amines) is 1. The minimum Gasteiger partial charge on any atom is -0.492 e. The Morgan fingerprint density at radius 3 is 2.67 bits per heavy atom. The summed E-state index contributed by atoms with van der Waals surface area (Å²) in [4.78, 5) is 32.1. The number of H-pyrrole nitrogens is 1. The normalized spacial score (nSPS) is 15.8. The number of rotatable bonds is 7. The van der Waals surface area contributed by atoms with Gasteiger partial charge in [-0.05, 0) is 95.1 Å². The molecule has 1 aromatic carbocycles. The fraction of sp³-hybridized carbons (Fsp3) is 0.433. The Morgan fingerprint density at radius 1 is 1.10 bits per heavy atom. The van der Waals surface area contributed by atoms with Crippen molar-refractivity contribution >= 4 is 40.1 Å². The van der Waals surface area contributed by atoms with Crippen molar-refractivity contribution in [1.82, 2.24) is 24.8 Å². The van der Waals surface area contributed by atoms with Crippen LogP contribution in [0, 0.1) is 0 Å². The van der Waals surface area contributed by atoms with Gasteiger partial charge in [0.1, 0.15) is 23.6 Å². The Labute approximate surface area is 238 Å². The second kappa shape index (κ2) is 11.1. The number of ether oxygens (including phenoxy) is 2. The lowest BCUT2D eigenvalue weighted by Gasteiger charge is -2.29. The molecular weight excluding hydrogens is 524 g/mol. The molecule has 210 valence electrons. The first-order valence-electron chi connectivity index (χ1n) is 14.0. The van der Waals surface area contributed by atoms with Crippen molar-refractivity contribution in [2.24, 2.45) is 0 Å². The number of amides is 1. The summed E-state index contributed by atoms with van der Waals surface area (Å²) in [6, 6.07) is 12.1. The number of hydrogen-bond acceptors (Lipinski definition) is 8. The summed E-state index contributed by atoms with van der Waals surface area (Å²) in [7, 11) is 0. The van der Waals surface area contributed by atoms with E-state index in [-0.39, 0.29) is 6.09 Å².